The Morgan fingerprint density at radius 1 is 1.53 bits per heavy atom. The molecule has 1 aromatic carbocycles. The summed E-state index contributed by atoms with van der Waals surface area (Å²) in [6, 6.07) is 5.39. The van der Waals surface area contributed by atoms with Gasteiger partial charge in [0.15, 0.2) is 0 Å². The van der Waals surface area contributed by atoms with Crippen molar-refractivity contribution in [3.05, 3.63) is 26.8 Å². The molecule has 0 radical (unpaired) electrons. The van der Waals surface area contributed by atoms with Crippen LogP contribution in [0.4, 0.5) is 5.69 Å². The number of aliphatic hydroxyl groups is 1. The number of amides is 1. The molecule has 0 spiro atoms. The van der Waals surface area contributed by atoms with Gasteiger partial charge in [-0.1, -0.05) is 11.6 Å². The lowest BCUT2D eigenvalue weighted by Crippen LogP contribution is -2.26. The van der Waals surface area contributed by atoms with Crippen LogP contribution in [0.1, 0.15) is 6.42 Å². The van der Waals surface area contributed by atoms with Crippen molar-refractivity contribution in [1.82, 2.24) is 0 Å². The molecule has 0 aliphatic carbocycles. The van der Waals surface area contributed by atoms with Gasteiger partial charge in [0, 0.05) is 8.59 Å². The van der Waals surface area contributed by atoms with Gasteiger partial charge in [-0.2, -0.15) is 0 Å². The van der Waals surface area contributed by atoms with Crippen molar-refractivity contribution < 1.29 is 9.90 Å². The van der Waals surface area contributed by atoms with Crippen molar-refractivity contribution in [2.45, 2.75) is 12.5 Å². The minimum atomic E-state index is -0.563. The van der Waals surface area contributed by atoms with E-state index >= 15 is 0 Å². The third-order valence-corrected chi connectivity index (χ3v) is 3.45. The van der Waals surface area contributed by atoms with Gasteiger partial charge >= 0.3 is 0 Å². The zero-order chi connectivity index (χ0) is 11.0. The van der Waals surface area contributed by atoms with Crippen LogP contribution in [-0.2, 0) is 4.79 Å². The minimum Gasteiger partial charge on any atom is -0.391 e. The number of aliphatic hydroxyl groups excluding tert-OH is 1. The van der Waals surface area contributed by atoms with Crippen molar-refractivity contribution in [2.75, 3.05) is 11.4 Å². The van der Waals surface area contributed by atoms with Crippen LogP contribution in [-0.4, -0.2) is 23.7 Å². The predicted octanol–water partition coefficient (Wildman–Crippen LogP) is 2.04. The molecule has 1 amide bonds. The Balaban J connectivity index is 2.37. The van der Waals surface area contributed by atoms with Crippen molar-refractivity contribution in [2.24, 2.45) is 0 Å². The Labute approximate surface area is 106 Å². The van der Waals surface area contributed by atoms with Gasteiger partial charge < -0.3 is 10.0 Å². The molecule has 2 rings (SSSR count). The smallest absolute Gasteiger partial charge is 0.229 e. The normalized spacial score (nSPS) is 21.1. The summed E-state index contributed by atoms with van der Waals surface area (Å²) >= 11 is 8.03. The van der Waals surface area contributed by atoms with E-state index in [4.69, 9.17) is 11.6 Å². The maximum Gasteiger partial charge on any atom is 0.229 e. The number of nitrogens with zero attached hydrogens (tertiary/aromatic N) is 1. The molecule has 1 fully saturated rings. The van der Waals surface area contributed by atoms with E-state index in [1.165, 1.54) is 0 Å². The topological polar surface area (TPSA) is 40.5 Å². The Hall–Kier alpha value is -0.330. The maximum atomic E-state index is 11.6. The average molecular weight is 338 g/mol. The van der Waals surface area contributed by atoms with E-state index in [2.05, 4.69) is 22.6 Å². The summed E-state index contributed by atoms with van der Waals surface area (Å²) in [6.45, 7) is 0.356. The molecule has 0 aromatic heterocycles. The van der Waals surface area contributed by atoms with Crippen molar-refractivity contribution in [3.8, 4) is 0 Å². The van der Waals surface area contributed by atoms with Crippen LogP contribution >= 0.6 is 34.2 Å². The first-order valence-corrected chi connectivity index (χ1v) is 5.97. The number of β-amino-alcohol motifs (C(OH)–C–C–N with tert-alkyl or cyclic N) is 1. The zero-order valence-corrected chi connectivity index (χ0v) is 10.7. The summed E-state index contributed by atoms with van der Waals surface area (Å²) < 4.78 is 0.958. The van der Waals surface area contributed by atoms with Gasteiger partial charge in [-0.05, 0) is 40.8 Å². The Morgan fingerprint density at radius 2 is 2.27 bits per heavy atom. The van der Waals surface area contributed by atoms with Gasteiger partial charge in [-0.3, -0.25) is 4.79 Å². The molecular formula is C10H9ClINO2. The molecule has 1 unspecified atom stereocenters. The summed E-state index contributed by atoms with van der Waals surface area (Å²) in [5, 5.41) is 9.99. The Morgan fingerprint density at radius 3 is 2.87 bits per heavy atom. The van der Waals surface area contributed by atoms with E-state index in [1.54, 1.807) is 17.0 Å². The third kappa shape index (κ3) is 2.26. The van der Waals surface area contributed by atoms with E-state index in [1.807, 2.05) is 6.07 Å². The second kappa shape index (κ2) is 4.27. The molecule has 1 atom stereocenters. The van der Waals surface area contributed by atoms with E-state index in [-0.39, 0.29) is 12.3 Å². The summed E-state index contributed by atoms with van der Waals surface area (Å²) in [5.74, 6) is -0.0531. The molecule has 1 heterocycles. The third-order valence-electron chi connectivity index (χ3n) is 2.30. The second-order valence-corrected chi connectivity index (χ2v) is 5.06. The van der Waals surface area contributed by atoms with E-state index in [0.29, 0.717) is 11.6 Å². The molecule has 0 bridgehead atoms. The molecule has 5 heteroatoms. The molecular weight excluding hydrogens is 328 g/mol. The molecule has 0 saturated carbocycles. The van der Waals surface area contributed by atoms with Crippen LogP contribution < -0.4 is 4.90 Å². The van der Waals surface area contributed by atoms with Crippen LogP contribution in [0.2, 0.25) is 5.02 Å². The quantitative estimate of drug-likeness (QED) is 0.797. The lowest BCUT2D eigenvalue weighted by Gasteiger charge is -2.17. The molecule has 1 N–H and O–H groups in total. The minimum absolute atomic E-state index is 0.0531. The van der Waals surface area contributed by atoms with Crippen LogP contribution in [0.5, 0.6) is 0 Å². The number of hydrogen-bond donors (Lipinski definition) is 1. The molecule has 3 nitrogen and oxygen atoms in total. The summed E-state index contributed by atoms with van der Waals surface area (Å²) in [7, 11) is 0. The predicted molar refractivity (Wildman–Crippen MR) is 67.1 cm³/mol. The summed E-state index contributed by atoms with van der Waals surface area (Å²) in [5.41, 5.74) is 0.782. The lowest BCUT2D eigenvalue weighted by molar-refractivity contribution is -0.117. The number of carbonyl (C=O) groups is 1. The highest BCUT2D eigenvalue weighted by Crippen LogP contribution is 2.29. The standard InChI is InChI=1S/C10H9ClINO2/c11-6-1-2-8(12)9(3-6)13-5-7(14)4-10(13)15/h1-3,7,14H,4-5H2. The maximum absolute atomic E-state index is 11.6. The fourth-order valence-corrected chi connectivity index (χ4v) is 2.41. The highest BCUT2D eigenvalue weighted by atomic mass is 127. The number of halogens is 2. The van der Waals surface area contributed by atoms with Gasteiger partial charge in [-0.15, -0.1) is 0 Å². The van der Waals surface area contributed by atoms with Gasteiger partial charge in [0.25, 0.3) is 0 Å². The highest BCUT2D eigenvalue weighted by molar-refractivity contribution is 14.1. The molecule has 1 aliphatic rings. The SMILES string of the molecule is O=C1CC(O)CN1c1cc(Cl)ccc1I. The number of anilines is 1. The highest BCUT2D eigenvalue weighted by Gasteiger charge is 2.30. The van der Waals surface area contributed by atoms with Crippen LogP contribution in [0.25, 0.3) is 0 Å². The first-order valence-electron chi connectivity index (χ1n) is 4.51. The summed E-state index contributed by atoms with van der Waals surface area (Å²) in [4.78, 5) is 13.1. The Bertz CT molecular complexity index is 410. The van der Waals surface area contributed by atoms with E-state index in [9.17, 15) is 9.90 Å². The van der Waals surface area contributed by atoms with E-state index in [0.717, 1.165) is 9.26 Å². The largest absolute Gasteiger partial charge is 0.391 e. The second-order valence-electron chi connectivity index (χ2n) is 3.46. The van der Waals surface area contributed by atoms with Gasteiger partial charge in [0.2, 0.25) is 5.91 Å². The lowest BCUT2D eigenvalue weighted by atomic mass is 10.3. The summed E-state index contributed by atoms with van der Waals surface area (Å²) in [6.07, 6.45) is -0.366. The number of benzene rings is 1. The fraction of sp³-hybridized carbons (Fsp3) is 0.300. The first-order chi connectivity index (χ1) is 7.08. The van der Waals surface area contributed by atoms with Crippen molar-refractivity contribution in [3.63, 3.8) is 0 Å². The average Bonchev–Trinajstić information content (AvgIpc) is 2.50. The van der Waals surface area contributed by atoms with Gasteiger partial charge in [0.1, 0.15) is 0 Å². The van der Waals surface area contributed by atoms with Gasteiger partial charge in [-0.25, -0.2) is 0 Å². The monoisotopic (exact) mass is 337 g/mol. The molecule has 1 aliphatic heterocycles. The van der Waals surface area contributed by atoms with Crippen LogP contribution in [0.3, 0.4) is 0 Å². The Kier molecular flexibility index (Phi) is 3.18. The number of hydrogen-bond acceptors (Lipinski definition) is 2. The van der Waals surface area contributed by atoms with Crippen molar-refractivity contribution in [1.29, 1.82) is 0 Å². The van der Waals surface area contributed by atoms with Gasteiger partial charge in [0.05, 0.1) is 24.8 Å². The fourth-order valence-electron chi connectivity index (χ4n) is 1.61. The number of carbonyl (C=O) groups excluding carboxylic acids is 1. The number of rotatable bonds is 1. The zero-order valence-electron chi connectivity index (χ0n) is 7.78. The van der Waals surface area contributed by atoms with E-state index < -0.39 is 6.10 Å². The molecule has 1 aromatic rings. The molecule has 80 valence electrons. The van der Waals surface area contributed by atoms with Crippen LogP contribution in [0, 0.1) is 3.57 Å². The molecule has 15 heavy (non-hydrogen) atoms. The van der Waals surface area contributed by atoms with Crippen LogP contribution in [0.15, 0.2) is 18.2 Å². The molecule has 1 saturated heterocycles. The first kappa shape index (κ1) is 11.2. The van der Waals surface area contributed by atoms with Crippen molar-refractivity contribution >= 4 is 45.8 Å².